The Kier molecular flexibility index (Phi) is 10.8. The van der Waals surface area contributed by atoms with Crippen LogP contribution in [0.3, 0.4) is 0 Å². The van der Waals surface area contributed by atoms with Crippen LogP contribution in [0.1, 0.15) is 63.0 Å². The minimum Gasteiger partial charge on any atom is -0.494 e. The van der Waals surface area contributed by atoms with Crippen LogP contribution >= 0.6 is 0 Å². The van der Waals surface area contributed by atoms with E-state index in [4.69, 9.17) is 9.84 Å². The molecule has 0 fully saturated rings. The molecule has 0 amide bonds. The number of aliphatic hydroxyl groups excluding tert-OH is 1. The Morgan fingerprint density at radius 1 is 1.13 bits per heavy atom. The molecule has 3 nitrogen and oxygen atoms in total. The third kappa shape index (κ3) is 7.36. The van der Waals surface area contributed by atoms with Crippen molar-refractivity contribution in [2.24, 2.45) is 11.7 Å². The van der Waals surface area contributed by atoms with Crippen LogP contribution in [-0.2, 0) is 12.8 Å². The third-order valence-corrected chi connectivity index (χ3v) is 4.56. The Bertz CT molecular complexity index is 420. The number of nitrogens with two attached hydrogens (primary N) is 1. The Hall–Kier alpha value is -1.06. The zero-order chi connectivity index (χ0) is 16.9. The molecule has 23 heavy (non-hydrogen) atoms. The highest BCUT2D eigenvalue weighted by molar-refractivity contribution is 5.37. The van der Waals surface area contributed by atoms with Crippen LogP contribution in [0.2, 0.25) is 0 Å². The number of aryl methyl sites for hydroxylation is 1. The molecular weight excluding hydrogens is 286 g/mol. The van der Waals surface area contributed by atoms with Crippen molar-refractivity contribution in [3.63, 3.8) is 0 Å². The first-order chi connectivity index (χ1) is 11.3. The third-order valence-electron chi connectivity index (χ3n) is 4.56. The van der Waals surface area contributed by atoms with Crippen molar-refractivity contribution in [3.05, 3.63) is 29.3 Å². The van der Waals surface area contributed by atoms with Crippen LogP contribution in [0.5, 0.6) is 5.75 Å². The molecule has 1 unspecified atom stereocenters. The second-order valence-electron chi connectivity index (χ2n) is 6.31. The van der Waals surface area contributed by atoms with Gasteiger partial charge in [-0.25, -0.2) is 0 Å². The number of hydrogen-bond donors (Lipinski definition) is 2. The van der Waals surface area contributed by atoms with E-state index in [2.05, 4.69) is 30.9 Å². The van der Waals surface area contributed by atoms with Gasteiger partial charge in [-0.1, -0.05) is 38.7 Å². The van der Waals surface area contributed by atoms with Gasteiger partial charge in [0.25, 0.3) is 0 Å². The van der Waals surface area contributed by atoms with Gasteiger partial charge in [0.15, 0.2) is 0 Å². The monoisotopic (exact) mass is 321 g/mol. The van der Waals surface area contributed by atoms with E-state index in [-0.39, 0.29) is 0 Å². The minimum atomic E-state index is 0.319. The van der Waals surface area contributed by atoms with E-state index < -0.39 is 0 Å². The molecule has 132 valence electrons. The summed E-state index contributed by atoms with van der Waals surface area (Å²) in [5.41, 5.74) is 7.41. The lowest BCUT2D eigenvalue weighted by molar-refractivity contribution is 0.248. The van der Waals surface area contributed by atoms with Crippen molar-refractivity contribution < 1.29 is 9.84 Å². The molecule has 0 bridgehead atoms. The first-order valence-electron chi connectivity index (χ1n) is 9.26. The molecular formula is C20H35NO2. The molecule has 3 heteroatoms. The summed E-state index contributed by atoms with van der Waals surface area (Å²) in [5, 5.41) is 9.07. The lowest BCUT2D eigenvalue weighted by atomic mass is 9.82. The second-order valence-corrected chi connectivity index (χ2v) is 6.31. The lowest BCUT2D eigenvalue weighted by Gasteiger charge is -2.24. The molecule has 0 radical (unpaired) electrons. The number of rotatable bonds is 9. The van der Waals surface area contributed by atoms with E-state index in [1.807, 2.05) is 0 Å². The van der Waals surface area contributed by atoms with Gasteiger partial charge in [-0.3, -0.25) is 0 Å². The average Bonchev–Trinajstić information content (AvgIpc) is 2.60. The molecule has 0 heterocycles. The fraction of sp³-hybridized carbons (Fsp3) is 0.700. The summed E-state index contributed by atoms with van der Waals surface area (Å²) in [7, 11) is 1.50. The molecule has 1 aliphatic carbocycles. The van der Waals surface area contributed by atoms with Crippen LogP contribution in [0, 0.1) is 5.92 Å². The molecule has 0 saturated heterocycles. The summed E-state index contributed by atoms with van der Waals surface area (Å²) in [6.45, 7) is 3.41. The maximum Gasteiger partial charge on any atom is 0.119 e. The highest BCUT2D eigenvalue weighted by atomic mass is 16.5. The van der Waals surface area contributed by atoms with E-state index in [1.165, 1.54) is 50.3 Å². The smallest absolute Gasteiger partial charge is 0.119 e. The highest BCUT2D eigenvalue weighted by Gasteiger charge is 2.18. The molecule has 3 N–H and O–H groups in total. The van der Waals surface area contributed by atoms with Gasteiger partial charge in [0.05, 0.1) is 6.61 Å². The summed E-state index contributed by atoms with van der Waals surface area (Å²) in [4.78, 5) is 0. The lowest BCUT2D eigenvalue weighted by Crippen LogP contribution is -2.15. The minimum absolute atomic E-state index is 0.319. The topological polar surface area (TPSA) is 55.5 Å². The number of fused-ring (bicyclic) bond motifs is 1. The van der Waals surface area contributed by atoms with Crippen molar-refractivity contribution >= 4 is 0 Å². The SMILES string of the molecule is CCCCCCCOc1ccc2c(c1)CCC(CCO)C2.CN. The maximum atomic E-state index is 9.07. The average molecular weight is 322 g/mol. The van der Waals surface area contributed by atoms with Gasteiger partial charge < -0.3 is 15.6 Å². The van der Waals surface area contributed by atoms with E-state index in [0.717, 1.165) is 38.0 Å². The first kappa shape index (κ1) is 20.0. The molecule has 1 aromatic rings. The van der Waals surface area contributed by atoms with Crippen LogP contribution in [-0.4, -0.2) is 25.4 Å². The maximum absolute atomic E-state index is 9.07. The van der Waals surface area contributed by atoms with Crippen molar-refractivity contribution in [2.45, 2.75) is 64.7 Å². The standard InChI is InChI=1S/C19H30O2.CH5N/c1-2-3-4-5-6-13-21-19-10-9-17-14-16(11-12-20)7-8-18(17)15-19;1-2/h9-10,15-16,20H,2-8,11-14H2,1H3;2H2,1H3. The van der Waals surface area contributed by atoms with Gasteiger partial charge in [-0.05, 0) is 68.3 Å². The predicted molar refractivity (Wildman–Crippen MR) is 98.0 cm³/mol. The summed E-state index contributed by atoms with van der Waals surface area (Å²) in [6.07, 6.45) is 10.8. The van der Waals surface area contributed by atoms with E-state index >= 15 is 0 Å². The normalized spacial score (nSPS) is 16.3. The Morgan fingerprint density at radius 2 is 1.91 bits per heavy atom. The number of ether oxygens (including phenoxy) is 1. The predicted octanol–water partition coefficient (Wildman–Crippen LogP) is 4.10. The van der Waals surface area contributed by atoms with Gasteiger partial charge in [-0.2, -0.15) is 0 Å². The number of aliphatic hydroxyl groups is 1. The van der Waals surface area contributed by atoms with E-state index in [0.29, 0.717) is 12.5 Å². The molecule has 1 aromatic carbocycles. The van der Waals surface area contributed by atoms with Crippen molar-refractivity contribution in [1.82, 2.24) is 0 Å². The van der Waals surface area contributed by atoms with Gasteiger partial charge >= 0.3 is 0 Å². The Morgan fingerprint density at radius 3 is 2.65 bits per heavy atom. The van der Waals surface area contributed by atoms with Gasteiger partial charge in [-0.15, -0.1) is 0 Å². The van der Waals surface area contributed by atoms with Crippen LogP contribution in [0.4, 0.5) is 0 Å². The summed E-state index contributed by atoms with van der Waals surface area (Å²) in [5.74, 6) is 1.69. The molecule has 0 aliphatic heterocycles. The quantitative estimate of drug-likeness (QED) is 0.673. The van der Waals surface area contributed by atoms with Crippen LogP contribution < -0.4 is 10.5 Å². The summed E-state index contributed by atoms with van der Waals surface area (Å²) < 4.78 is 5.89. The van der Waals surface area contributed by atoms with Crippen molar-refractivity contribution in [3.8, 4) is 5.75 Å². The molecule has 0 spiro atoms. The summed E-state index contributed by atoms with van der Waals surface area (Å²) in [6, 6.07) is 6.58. The van der Waals surface area contributed by atoms with E-state index in [1.54, 1.807) is 0 Å². The molecule has 0 aromatic heterocycles. The fourth-order valence-corrected chi connectivity index (χ4v) is 3.22. The fourth-order valence-electron chi connectivity index (χ4n) is 3.22. The molecule has 2 rings (SSSR count). The van der Waals surface area contributed by atoms with Crippen molar-refractivity contribution in [2.75, 3.05) is 20.3 Å². The van der Waals surface area contributed by atoms with Crippen molar-refractivity contribution in [1.29, 1.82) is 0 Å². The van der Waals surface area contributed by atoms with E-state index in [9.17, 15) is 0 Å². The second kappa shape index (κ2) is 12.4. The largest absolute Gasteiger partial charge is 0.494 e. The number of hydrogen-bond acceptors (Lipinski definition) is 3. The zero-order valence-corrected chi connectivity index (χ0v) is 15.0. The van der Waals surface area contributed by atoms with Crippen LogP contribution in [0.25, 0.3) is 0 Å². The number of unbranched alkanes of at least 4 members (excludes halogenated alkanes) is 4. The Balaban J connectivity index is 0.00000127. The van der Waals surface area contributed by atoms with Gasteiger partial charge in [0.1, 0.15) is 5.75 Å². The first-order valence-corrected chi connectivity index (χ1v) is 9.26. The summed E-state index contributed by atoms with van der Waals surface area (Å²) >= 11 is 0. The van der Waals surface area contributed by atoms with Gasteiger partial charge in [0.2, 0.25) is 0 Å². The Labute approximate surface area is 142 Å². The highest BCUT2D eigenvalue weighted by Crippen LogP contribution is 2.30. The molecule has 0 saturated carbocycles. The van der Waals surface area contributed by atoms with Crippen LogP contribution in [0.15, 0.2) is 18.2 Å². The molecule has 1 aliphatic rings. The zero-order valence-electron chi connectivity index (χ0n) is 15.0. The number of benzene rings is 1. The van der Waals surface area contributed by atoms with Gasteiger partial charge in [0, 0.05) is 6.61 Å². The molecule has 1 atom stereocenters.